The molecule has 28 heavy (non-hydrogen) atoms. The van der Waals surface area contributed by atoms with E-state index in [1.165, 1.54) is 49.4 Å². The third-order valence-corrected chi connectivity index (χ3v) is 4.48. The van der Waals surface area contributed by atoms with Crippen LogP contribution in [0.3, 0.4) is 0 Å². The number of anilines is 1. The van der Waals surface area contributed by atoms with Gasteiger partial charge in [-0.1, -0.05) is 29.6 Å². The van der Waals surface area contributed by atoms with Gasteiger partial charge in [-0.15, -0.1) is 10.2 Å². The summed E-state index contributed by atoms with van der Waals surface area (Å²) in [5.74, 6) is -0.234. The second-order valence-corrected chi connectivity index (χ2v) is 6.66. The van der Waals surface area contributed by atoms with Crippen LogP contribution in [0.5, 0.6) is 11.6 Å². The van der Waals surface area contributed by atoms with Gasteiger partial charge in [-0.05, 0) is 42.0 Å². The van der Waals surface area contributed by atoms with E-state index in [4.69, 9.17) is 21.1 Å². The number of aromatic nitrogens is 2. The largest absolute Gasteiger partial charge is 0.489 e. The predicted octanol–water partition coefficient (Wildman–Crippen LogP) is 5.35. The van der Waals surface area contributed by atoms with Crippen LogP contribution in [0.25, 0.3) is 11.3 Å². The average molecular weight is 424 g/mol. The third kappa shape index (κ3) is 4.63. The lowest BCUT2D eigenvalue weighted by molar-refractivity contribution is 0.305. The Morgan fingerprint density at radius 3 is 2.57 bits per heavy atom. The molecule has 5 nitrogen and oxygen atoms in total. The molecular formula is C19H16ClF2N3O2S. The number of halogens is 3. The number of rotatable bonds is 7. The molecule has 1 heterocycles. The summed E-state index contributed by atoms with van der Waals surface area (Å²) in [6, 6.07) is 10.3. The van der Waals surface area contributed by atoms with Crippen molar-refractivity contribution in [2.24, 2.45) is 0 Å². The number of hydrogen-bond donors (Lipinski definition) is 1. The van der Waals surface area contributed by atoms with Crippen molar-refractivity contribution in [2.75, 3.05) is 18.1 Å². The first-order chi connectivity index (χ1) is 13.5. The maximum atomic E-state index is 14.4. The molecule has 0 atom stereocenters. The molecule has 0 radical (unpaired) electrons. The van der Waals surface area contributed by atoms with Crippen molar-refractivity contribution in [3.8, 4) is 22.9 Å². The van der Waals surface area contributed by atoms with Gasteiger partial charge in [0.05, 0.1) is 17.8 Å². The molecule has 2 aromatic carbocycles. The summed E-state index contributed by atoms with van der Waals surface area (Å²) in [6.07, 6.45) is 1.84. The number of benzene rings is 2. The monoisotopic (exact) mass is 423 g/mol. The SMILES string of the molecule is COc1nnc(-c2cc(OCc3ccc(F)c(Cl)c3)ccc2F)cc1NSC. The second kappa shape index (κ2) is 9.07. The fraction of sp³-hybridized carbons (Fsp3) is 0.158. The Kier molecular flexibility index (Phi) is 6.53. The van der Waals surface area contributed by atoms with E-state index in [9.17, 15) is 8.78 Å². The molecule has 1 N–H and O–H groups in total. The molecule has 3 aromatic rings. The lowest BCUT2D eigenvalue weighted by Gasteiger charge is -2.11. The Hall–Kier alpha value is -2.58. The minimum Gasteiger partial charge on any atom is -0.489 e. The molecule has 0 spiro atoms. The highest BCUT2D eigenvalue weighted by atomic mass is 35.5. The minimum atomic E-state index is -0.498. The van der Waals surface area contributed by atoms with Crippen LogP contribution in [-0.4, -0.2) is 23.6 Å². The molecule has 3 rings (SSSR count). The van der Waals surface area contributed by atoms with Gasteiger partial charge in [-0.3, -0.25) is 0 Å². The lowest BCUT2D eigenvalue weighted by atomic mass is 10.1. The first kappa shape index (κ1) is 20.2. The Morgan fingerprint density at radius 1 is 1.07 bits per heavy atom. The predicted molar refractivity (Wildman–Crippen MR) is 107 cm³/mol. The first-order valence-electron chi connectivity index (χ1n) is 8.09. The van der Waals surface area contributed by atoms with Crippen molar-refractivity contribution < 1.29 is 18.3 Å². The van der Waals surface area contributed by atoms with Gasteiger partial charge < -0.3 is 14.2 Å². The Balaban J connectivity index is 1.85. The van der Waals surface area contributed by atoms with E-state index < -0.39 is 11.6 Å². The maximum Gasteiger partial charge on any atom is 0.257 e. The molecule has 0 saturated heterocycles. The standard InChI is InChI=1S/C19H16ClF2N3O2S/c1-26-19-18(25-28-2)9-17(23-24-19)13-8-12(4-6-15(13)21)27-10-11-3-5-16(22)14(20)7-11/h3-9H,10H2,1-2H3,(H,23,25). The molecule has 0 saturated carbocycles. The molecule has 146 valence electrons. The number of methoxy groups -OCH3 is 1. The molecule has 0 aliphatic carbocycles. The van der Waals surface area contributed by atoms with E-state index in [2.05, 4.69) is 14.9 Å². The van der Waals surface area contributed by atoms with Crippen molar-refractivity contribution in [3.05, 3.63) is 64.7 Å². The Labute approximate surface area is 170 Å². The van der Waals surface area contributed by atoms with Crippen LogP contribution in [0.4, 0.5) is 14.5 Å². The molecule has 0 aliphatic heterocycles. The molecule has 1 aromatic heterocycles. The van der Waals surface area contributed by atoms with Gasteiger partial charge >= 0.3 is 0 Å². The van der Waals surface area contributed by atoms with Gasteiger partial charge in [0, 0.05) is 11.8 Å². The zero-order chi connectivity index (χ0) is 20.1. The number of nitrogens with one attached hydrogen (secondary N) is 1. The van der Waals surface area contributed by atoms with E-state index in [1.54, 1.807) is 12.1 Å². The van der Waals surface area contributed by atoms with Gasteiger partial charge in [0.2, 0.25) is 0 Å². The summed E-state index contributed by atoms with van der Waals surface area (Å²) < 4.78 is 41.5. The van der Waals surface area contributed by atoms with E-state index >= 15 is 0 Å². The highest BCUT2D eigenvalue weighted by molar-refractivity contribution is 7.99. The van der Waals surface area contributed by atoms with E-state index in [-0.39, 0.29) is 17.2 Å². The van der Waals surface area contributed by atoms with Crippen LogP contribution in [0.15, 0.2) is 42.5 Å². The molecule has 9 heteroatoms. The first-order valence-corrected chi connectivity index (χ1v) is 9.69. The van der Waals surface area contributed by atoms with Crippen LogP contribution in [0.2, 0.25) is 5.02 Å². The number of hydrogen-bond acceptors (Lipinski definition) is 6. The molecule has 0 bridgehead atoms. The fourth-order valence-corrected chi connectivity index (χ4v) is 3.00. The van der Waals surface area contributed by atoms with Gasteiger partial charge in [0.15, 0.2) is 0 Å². The lowest BCUT2D eigenvalue weighted by Crippen LogP contribution is -2.00. The molecule has 0 amide bonds. The average Bonchev–Trinajstić information content (AvgIpc) is 2.70. The minimum absolute atomic E-state index is 0.0169. The zero-order valence-electron chi connectivity index (χ0n) is 15.0. The zero-order valence-corrected chi connectivity index (χ0v) is 16.6. The van der Waals surface area contributed by atoms with Crippen molar-refractivity contribution in [3.63, 3.8) is 0 Å². The Morgan fingerprint density at radius 2 is 1.86 bits per heavy atom. The van der Waals surface area contributed by atoms with Crippen molar-refractivity contribution >= 4 is 29.2 Å². The summed E-state index contributed by atoms with van der Waals surface area (Å²) in [7, 11) is 1.48. The van der Waals surface area contributed by atoms with Crippen molar-refractivity contribution in [2.45, 2.75) is 6.61 Å². The smallest absolute Gasteiger partial charge is 0.257 e. The van der Waals surface area contributed by atoms with Gasteiger partial charge in [0.25, 0.3) is 5.88 Å². The molecule has 0 unspecified atom stereocenters. The highest BCUT2D eigenvalue weighted by Crippen LogP contribution is 2.31. The normalized spacial score (nSPS) is 10.6. The maximum absolute atomic E-state index is 14.4. The summed E-state index contributed by atoms with van der Waals surface area (Å²) in [4.78, 5) is 0. The van der Waals surface area contributed by atoms with Crippen molar-refractivity contribution in [1.29, 1.82) is 0 Å². The Bertz CT molecular complexity index is 991. The van der Waals surface area contributed by atoms with Crippen LogP contribution in [0.1, 0.15) is 5.56 Å². The molecule has 0 fully saturated rings. The van der Waals surface area contributed by atoms with Crippen molar-refractivity contribution in [1.82, 2.24) is 10.2 Å². The van der Waals surface area contributed by atoms with E-state index in [0.717, 1.165) is 0 Å². The summed E-state index contributed by atoms with van der Waals surface area (Å²) in [5, 5.41) is 8.01. The van der Waals surface area contributed by atoms with Crippen LogP contribution >= 0.6 is 23.5 Å². The molecule has 0 aliphatic rings. The van der Waals surface area contributed by atoms with Gasteiger partial charge in [-0.2, -0.15) is 0 Å². The van der Waals surface area contributed by atoms with E-state index in [1.807, 2.05) is 6.26 Å². The van der Waals surface area contributed by atoms with Crippen LogP contribution < -0.4 is 14.2 Å². The molecular weight excluding hydrogens is 408 g/mol. The quantitative estimate of drug-likeness (QED) is 0.517. The van der Waals surface area contributed by atoms with Crippen LogP contribution in [-0.2, 0) is 6.61 Å². The fourth-order valence-electron chi connectivity index (χ4n) is 2.43. The number of ether oxygens (including phenoxy) is 2. The summed E-state index contributed by atoms with van der Waals surface area (Å²) >= 11 is 7.12. The number of nitrogens with zero attached hydrogens (tertiary/aromatic N) is 2. The second-order valence-electron chi connectivity index (χ2n) is 5.64. The summed E-state index contributed by atoms with van der Waals surface area (Å²) in [5.41, 5.74) is 1.82. The van der Waals surface area contributed by atoms with Gasteiger partial charge in [-0.25, -0.2) is 8.78 Å². The third-order valence-electron chi connectivity index (χ3n) is 3.77. The van der Waals surface area contributed by atoms with Crippen LogP contribution in [0, 0.1) is 11.6 Å². The topological polar surface area (TPSA) is 56.3 Å². The summed E-state index contributed by atoms with van der Waals surface area (Å²) in [6.45, 7) is 0.151. The highest BCUT2D eigenvalue weighted by Gasteiger charge is 2.13. The van der Waals surface area contributed by atoms with E-state index in [0.29, 0.717) is 28.6 Å². The van der Waals surface area contributed by atoms with Gasteiger partial charge in [0.1, 0.15) is 29.7 Å².